The van der Waals surface area contributed by atoms with Crippen molar-refractivity contribution in [1.29, 1.82) is 0 Å². The average molecular weight is 875 g/mol. The lowest BCUT2D eigenvalue weighted by Crippen LogP contribution is -2.63. The molecule has 6 heterocycles. The molecule has 356 valence electrons. The number of aliphatic hydroxyl groups excluding tert-OH is 2. The van der Waals surface area contributed by atoms with E-state index >= 15 is 0 Å². The van der Waals surface area contributed by atoms with Crippen LogP contribution in [0.4, 0.5) is 0 Å². The van der Waals surface area contributed by atoms with E-state index in [1.54, 1.807) is 6.08 Å². The average Bonchev–Trinajstić information content (AvgIpc) is 3.61. The molecular formula is C50H86N2O10. The number of carbonyl (C=O) groups excluding carboxylic acids is 2. The number of piperidine rings is 1. The molecule has 0 bridgehead atoms. The molecule has 18 atom stereocenters. The molecule has 12 nitrogen and oxygen atoms in total. The predicted molar refractivity (Wildman–Crippen MR) is 239 cm³/mol. The summed E-state index contributed by atoms with van der Waals surface area (Å²) in [6.07, 6.45) is 11.2. The molecule has 5 saturated heterocycles. The number of ether oxygens (including phenoxy) is 5. The van der Waals surface area contributed by atoms with E-state index in [0.29, 0.717) is 51.5 Å². The third-order valence-corrected chi connectivity index (χ3v) is 16.9. The molecule has 0 aromatic heterocycles. The number of rotatable bonds is 16. The number of nitrogens with zero attached hydrogens (tertiary/aromatic N) is 1. The fourth-order valence-corrected chi connectivity index (χ4v) is 12.3. The van der Waals surface area contributed by atoms with E-state index < -0.39 is 52.9 Å². The molecule has 0 aromatic carbocycles. The molecule has 6 aliphatic heterocycles. The summed E-state index contributed by atoms with van der Waals surface area (Å²) in [6.45, 7) is 24.1. The molecule has 0 radical (unpaired) electrons. The second-order valence-electron chi connectivity index (χ2n) is 21.1. The number of hydrogen-bond donors (Lipinski definition) is 4. The van der Waals surface area contributed by atoms with Gasteiger partial charge >= 0.3 is 0 Å². The highest BCUT2D eigenvalue weighted by Crippen LogP contribution is 2.54. The topological polar surface area (TPSA) is 156 Å². The maximum atomic E-state index is 14.7. The van der Waals surface area contributed by atoms with Gasteiger partial charge in [-0.15, -0.1) is 0 Å². The summed E-state index contributed by atoms with van der Waals surface area (Å²) in [5.41, 5.74) is -1.62. The first-order valence-corrected chi connectivity index (χ1v) is 25.1. The van der Waals surface area contributed by atoms with E-state index in [-0.39, 0.29) is 65.7 Å². The second kappa shape index (κ2) is 20.6. The van der Waals surface area contributed by atoms with Crippen LogP contribution >= 0.6 is 0 Å². The Balaban J connectivity index is 1.09. The van der Waals surface area contributed by atoms with Crippen LogP contribution in [-0.2, 0) is 33.3 Å². The molecule has 0 aliphatic carbocycles. The first kappa shape index (κ1) is 49.9. The van der Waals surface area contributed by atoms with Crippen molar-refractivity contribution in [3.63, 3.8) is 0 Å². The summed E-state index contributed by atoms with van der Waals surface area (Å²) in [7, 11) is 0. The van der Waals surface area contributed by atoms with E-state index in [4.69, 9.17) is 23.7 Å². The fraction of sp³-hybridized carbons (Fsp3) is 0.920. The highest BCUT2D eigenvalue weighted by molar-refractivity contribution is 5.84. The minimum absolute atomic E-state index is 0.0274. The number of Topliss-reactive ketones (excluding diaryl/α,β-unsaturated/α-hetero) is 1. The van der Waals surface area contributed by atoms with Crippen molar-refractivity contribution in [2.24, 2.45) is 41.4 Å². The number of amides is 1. The third-order valence-electron chi connectivity index (χ3n) is 16.9. The van der Waals surface area contributed by atoms with Crippen molar-refractivity contribution in [1.82, 2.24) is 10.2 Å². The van der Waals surface area contributed by atoms with Gasteiger partial charge in [-0.25, -0.2) is 0 Å². The van der Waals surface area contributed by atoms with Gasteiger partial charge in [0.1, 0.15) is 11.9 Å². The first-order chi connectivity index (χ1) is 29.4. The van der Waals surface area contributed by atoms with Crippen LogP contribution in [0.5, 0.6) is 0 Å². The summed E-state index contributed by atoms with van der Waals surface area (Å²) in [5, 5.41) is 37.8. The van der Waals surface area contributed by atoms with Gasteiger partial charge < -0.3 is 49.2 Å². The van der Waals surface area contributed by atoms with Gasteiger partial charge in [0.2, 0.25) is 11.7 Å². The Morgan fingerprint density at radius 3 is 2.26 bits per heavy atom. The van der Waals surface area contributed by atoms with Crippen molar-refractivity contribution >= 4 is 11.7 Å². The van der Waals surface area contributed by atoms with Gasteiger partial charge in [-0.2, -0.15) is 0 Å². The Hall–Kier alpha value is -1.48. The van der Waals surface area contributed by atoms with Crippen LogP contribution in [0.3, 0.4) is 0 Å². The van der Waals surface area contributed by atoms with Gasteiger partial charge in [0.15, 0.2) is 5.79 Å². The second-order valence-corrected chi connectivity index (χ2v) is 21.1. The molecule has 6 aliphatic rings. The molecule has 0 aromatic rings. The first-order valence-electron chi connectivity index (χ1n) is 25.1. The Labute approximate surface area is 373 Å². The monoisotopic (exact) mass is 875 g/mol. The van der Waals surface area contributed by atoms with Crippen LogP contribution in [0, 0.1) is 41.4 Å². The van der Waals surface area contributed by atoms with E-state index in [9.17, 15) is 24.9 Å². The maximum Gasteiger partial charge on any atom is 0.225 e. The zero-order valence-corrected chi connectivity index (χ0v) is 40.1. The third kappa shape index (κ3) is 10.2. The van der Waals surface area contributed by atoms with Crippen LogP contribution in [0.25, 0.3) is 0 Å². The van der Waals surface area contributed by atoms with E-state index in [0.717, 1.165) is 45.3 Å². The SMILES string of the molecule is CC[C@@H](C(=O)[C@@H](C)[C@@H](O)[C@H](C)[C@@H]1O[C@@H]([C@@H](CC)C(=O)NCCCN2CCCCC2)CC[C@@H]1C)[C@H]1O[C@]2(C=C[C@@H](O)[C@]3(CC[C@@](C)([C@H]4CC[C@](O)(CC)[C@H](C)O4)O3)O2)[C@H](C)C[C@@H]1C. The number of ketones is 1. The standard InChI is InChI=1S/C50H86N2O10/c1-11-37(46(56)51-26-17-29-52-27-15-14-16-28-52)39-19-18-31(4)44(59-39)35(8)42(54)34(7)43(55)38(12-2)45-32(5)30-33(6)49(60-45)23-20-40(53)50(62-49)25-24-47(10,61-50)41-21-22-48(57,13-3)36(9)58-41/h20,23,31-42,44-45,53-54,57H,11-19,21-22,24-30H2,1-10H3,(H,51,56)/t31-,32-,33+,34-,35-,36-,37+,38-,39+,40+,41+,42+,44+,45-,47-,48+,49-,50-/m0/s1. The molecular weight excluding hydrogens is 789 g/mol. The lowest BCUT2D eigenvalue weighted by molar-refractivity contribution is -0.409. The largest absolute Gasteiger partial charge is 0.392 e. The van der Waals surface area contributed by atoms with Gasteiger partial charge in [0, 0.05) is 36.6 Å². The highest BCUT2D eigenvalue weighted by atomic mass is 16.8. The van der Waals surface area contributed by atoms with Gasteiger partial charge in [0.05, 0.1) is 53.7 Å². The molecule has 5 fully saturated rings. The minimum atomic E-state index is -1.36. The molecule has 0 unspecified atom stereocenters. The van der Waals surface area contributed by atoms with Crippen molar-refractivity contribution in [2.75, 3.05) is 26.2 Å². The Kier molecular flexibility index (Phi) is 16.6. The van der Waals surface area contributed by atoms with Crippen LogP contribution in [0.15, 0.2) is 12.2 Å². The fourth-order valence-electron chi connectivity index (χ4n) is 12.3. The number of nitrogens with one attached hydrogen (secondary N) is 1. The zero-order chi connectivity index (χ0) is 45.2. The smallest absolute Gasteiger partial charge is 0.225 e. The van der Waals surface area contributed by atoms with Crippen LogP contribution in [0.1, 0.15) is 159 Å². The van der Waals surface area contributed by atoms with Crippen molar-refractivity contribution in [3.05, 3.63) is 12.2 Å². The lowest BCUT2D eigenvalue weighted by atomic mass is 9.72. The highest BCUT2D eigenvalue weighted by Gasteiger charge is 2.63. The number of carbonyl (C=O) groups is 2. The molecule has 12 heteroatoms. The summed E-state index contributed by atoms with van der Waals surface area (Å²) in [5.74, 6) is -4.28. The summed E-state index contributed by atoms with van der Waals surface area (Å²) in [6, 6.07) is 0. The van der Waals surface area contributed by atoms with Crippen molar-refractivity contribution in [2.45, 2.75) is 225 Å². The zero-order valence-electron chi connectivity index (χ0n) is 40.1. The minimum Gasteiger partial charge on any atom is -0.392 e. The summed E-state index contributed by atoms with van der Waals surface area (Å²) in [4.78, 5) is 30.7. The molecule has 6 rings (SSSR count). The lowest BCUT2D eigenvalue weighted by Gasteiger charge is -2.54. The molecule has 0 saturated carbocycles. The maximum absolute atomic E-state index is 14.7. The number of hydrogen-bond acceptors (Lipinski definition) is 11. The number of aliphatic hydroxyl groups is 3. The van der Waals surface area contributed by atoms with Crippen LogP contribution in [-0.4, -0.2) is 124 Å². The van der Waals surface area contributed by atoms with Gasteiger partial charge in [0.25, 0.3) is 0 Å². The van der Waals surface area contributed by atoms with E-state index in [2.05, 4.69) is 31.0 Å². The van der Waals surface area contributed by atoms with E-state index in [1.165, 1.54) is 19.3 Å². The summed E-state index contributed by atoms with van der Waals surface area (Å²) >= 11 is 0. The van der Waals surface area contributed by atoms with Crippen molar-refractivity contribution in [3.8, 4) is 0 Å². The molecule has 4 N–H and O–H groups in total. The Morgan fingerprint density at radius 1 is 0.887 bits per heavy atom. The van der Waals surface area contributed by atoms with Gasteiger partial charge in [-0.3, -0.25) is 9.59 Å². The number of likely N-dealkylation sites (tertiary alicyclic amines) is 1. The molecule has 62 heavy (non-hydrogen) atoms. The van der Waals surface area contributed by atoms with Crippen LogP contribution < -0.4 is 5.32 Å². The Morgan fingerprint density at radius 2 is 1.60 bits per heavy atom. The summed E-state index contributed by atoms with van der Waals surface area (Å²) < 4.78 is 34.1. The van der Waals surface area contributed by atoms with Crippen LogP contribution in [0.2, 0.25) is 0 Å². The van der Waals surface area contributed by atoms with Gasteiger partial charge in [-0.1, -0.05) is 61.8 Å². The Bertz CT molecular complexity index is 1530. The molecule has 2 spiro atoms. The molecule has 1 amide bonds. The predicted octanol–water partition coefficient (Wildman–Crippen LogP) is 7.10. The van der Waals surface area contributed by atoms with Gasteiger partial charge in [-0.05, 0) is 135 Å². The van der Waals surface area contributed by atoms with Crippen molar-refractivity contribution < 1.29 is 48.6 Å². The normalized spacial score (nSPS) is 43.0. The quantitative estimate of drug-likeness (QED) is 0.0928. The van der Waals surface area contributed by atoms with E-state index in [1.807, 2.05) is 54.5 Å².